The van der Waals surface area contributed by atoms with E-state index in [0.29, 0.717) is 0 Å². The first-order valence-corrected chi connectivity index (χ1v) is 6.52. The van der Waals surface area contributed by atoms with Crippen LogP contribution in [0.15, 0.2) is 54.6 Å². The molecule has 18 heavy (non-hydrogen) atoms. The molecule has 0 heterocycles. The normalized spacial score (nSPS) is 14.2. The van der Waals surface area contributed by atoms with Gasteiger partial charge in [0.15, 0.2) is 0 Å². The van der Waals surface area contributed by atoms with Crippen LogP contribution in [-0.4, -0.2) is 11.2 Å². The van der Waals surface area contributed by atoms with Crippen LogP contribution in [0.3, 0.4) is 0 Å². The highest BCUT2D eigenvalue weighted by molar-refractivity contribution is 6.30. The van der Waals surface area contributed by atoms with Crippen LogP contribution in [0.5, 0.6) is 0 Å². The molecule has 0 radical (unpaired) electrons. The molecule has 0 bridgehead atoms. The van der Waals surface area contributed by atoms with Gasteiger partial charge < -0.3 is 5.11 Å². The number of hydrogen-bond donors (Lipinski definition) is 1. The fraction of sp³-hybridized carbons (Fsp3) is 0.250. The third kappa shape index (κ3) is 3.34. The first-order chi connectivity index (χ1) is 8.66. The molecule has 0 amide bonds. The average molecular weight is 261 g/mol. The van der Waals surface area contributed by atoms with Crippen LogP contribution >= 0.6 is 11.6 Å². The summed E-state index contributed by atoms with van der Waals surface area (Å²) in [5.74, 6) is 0.118. The van der Waals surface area contributed by atoms with Gasteiger partial charge in [0.05, 0.1) is 6.10 Å². The third-order valence-electron chi connectivity index (χ3n) is 3.18. The van der Waals surface area contributed by atoms with Gasteiger partial charge in [-0.2, -0.15) is 0 Å². The first kappa shape index (κ1) is 13.1. The highest BCUT2D eigenvalue weighted by Gasteiger charge is 2.17. The molecule has 0 aliphatic carbocycles. The second-order valence-electron chi connectivity index (χ2n) is 4.59. The Balaban J connectivity index is 2.19. The van der Waals surface area contributed by atoms with Crippen molar-refractivity contribution in [2.45, 2.75) is 25.4 Å². The zero-order valence-electron chi connectivity index (χ0n) is 10.4. The van der Waals surface area contributed by atoms with E-state index in [9.17, 15) is 5.11 Å². The maximum absolute atomic E-state index is 9.96. The van der Waals surface area contributed by atoms with Crippen molar-refractivity contribution < 1.29 is 5.11 Å². The molecule has 94 valence electrons. The lowest BCUT2D eigenvalue weighted by atomic mass is 9.88. The highest BCUT2D eigenvalue weighted by atomic mass is 35.5. The summed E-state index contributed by atoms with van der Waals surface area (Å²) in [4.78, 5) is 0. The van der Waals surface area contributed by atoms with Gasteiger partial charge in [-0.05, 0) is 36.6 Å². The summed E-state index contributed by atoms with van der Waals surface area (Å²) in [6.07, 6.45) is 0.446. The molecule has 0 aliphatic heterocycles. The Labute approximate surface area is 113 Å². The van der Waals surface area contributed by atoms with Gasteiger partial charge in [-0.1, -0.05) is 54.1 Å². The summed E-state index contributed by atoms with van der Waals surface area (Å²) in [6.45, 7) is 1.84. The van der Waals surface area contributed by atoms with Gasteiger partial charge in [0.25, 0.3) is 0 Å². The second kappa shape index (κ2) is 6.03. The average Bonchev–Trinajstić information content (AvgIpc) is 2.38. The molecule has 0 saturated heterocycles. The van der Waals surface area contributed by atoms with Crippen LogP contribution in [0.4, 0.5) is 0 Å². The lowest BCUT2D eigenvalue weighted by Crippen LogP contribution is -2.17. The Morgan fingerprint density at radius 2 is 1.61 bits per heavy atom. The highest BCUT2D eigenvalue weighted by Crippen LogP contribution is 2.25. The molecule has 2 heteroatoms. The Morgan fingerprint density at radius 3 is 2.17 bits per heavy atom. The van der Waals surface area contributed by atoms with Crippen LogP contribution in [0.1, 0.15) is 24.0 Å². The molecule has 1 nitrogen and oxygen atoms in total. The molecule has 1 N–H and O–H groups in total. The predicted octanol–water partition coefficient (Wildman–Crippen LogP) is 4.05. The van der Waals surface area contributed by atoms with Crippen molar-refractivity contribution >= 4 is 11.6 Å². The van der Waals surface area contributed by atoms with E-state index >= 15 is 0 Å². The summed E-state index contributed by atoms with van der Waals surface area (Å²) < 4.78 is 0. The van der Waals surface area contributed by atoms with E-state index in [2.05, 4.69) is 12.1 Å². The lowest BCUT2D eigenvalue weighted by molar-refractivity contribution is 0.161. The van der Waals surface area contributed by atoms with Crippen LogP contribution < -0.4 is 0 Å². The molecule has 2 atom stereocenters. The third-order valence-corrected chi connectivity index (χ3v) is 3.43. The second-order valence-corrected chi connectivity index (χ2v) is 5.02. The molecule has 0 aliphatic rings. The van der Waals surface area contributed by atoms with Crippen molar-refractivity contribution in [1.82, 2.24) is 0 Å². The summed E-state index contributed by atoms with van der Waals surface area (Å²) in [6, 6.07) is 17.9. The van der Waals surface area contributed by atoms with Gasteiger partial charge in [-0.15, -0.1) is 0 Å². The van der Waals surface area contributed by atoms with Gasteiger partial charge in [0.2, 0.25) is 0 Å². The minimum Gasteiger partial charge on any atom is -0.393 e. The van der Waals surface area contributed by atoms with Crippen molar-refractivity contribution in [2.75, 3.05) is 0 Å². The molecule has 0 saturated carbocycles. The van der Waals surface area contributed by atoms with Gasteiger partial charge in [-0.3, -0.25) is 0 Å². The fourth-order valence-electron chi connectivity index (χ4n) is 2.14. The summed E-state index contributed by atoms with van der Waals surface area (Å²) in [5, 5.41) is 10.7. The molecule has 2 unspecified atom stereocenters. The van der Waals surface area contributed by atoms with E-state index in [-0.39, 0.29) is 12.0 Å². The van der Waals surface area contributed by atoms with Crippen molar-refractivity contribution in [2.24, 2.45) is 0 Å². The number of rotatable bonds is 4. The Kier molecular flexibility index (Phi) is 4.40. The number of hydrogen-bond acceptors (Lipinski definition) is 1. The van der Waals surface area contributed by atoms with Gasteiger partial charge in [0.1, 0.15) is 0 Å². The minimum atomic E-state index is -0.372. The number of benzene rings is 2. The van der Waals surface area contributed by atoms with Gasteiger partial charge >= 0.3 is 0 Å². The van der Waals surface area contributed by atoms with E-state index in [1.807, 2.05) is 49.4 Å². The first-order valence-electron chi connectivity index (χ1n) is 6.14. The molecule has 2 rings (SSSR count). The van der Waals surface area contributed by atoms with Crippen molar-refractivity contribution in [3.05, 3.63) is 70.7 Å². The smallest absolute Gasteiger partial charge is 0.0583 e. The van der Waals surface area contributed by atoms with E-state index < -0.39 is 0 Å². The molecular formula is C16H17ClO. The number of aliphatic hydroxyl groups excluding tert-OH is 1. The maximum atomic E-state index is 9.96. The maximum Gasteiger partial charge on any atom is 0.0583 e. The van der Waals surface area contributed by atoms with E-state index in [1.165, 1.54) is 11.1 Å². The van der Waals surface area contributed by atoms with Crippen molar-refractivity contribution in [3.63, 3.8) is 0 Å². The minimum absolute atomic E-state index is 0.118. The van der Waals surface area contributed by atoms with E-state index in [0.717, 1.165) is 11.4 Å². The molecule has 2 aromatic rings. The zero-order valence-corrected chi connectivity index (χ0v) is 11.1. The largest absolute Gasteiger partial charge is 0.393 e. The van der Waals surface area contributed by atoms with Crippen LogP contribution in [0.2, 0.25) is 5.02 Å². The van der Waals surface area contributed by atoms with Gasteiger partial charge in [-0.25, -0.2) is 0 Å². The van der Waals surface area contributed by atoms with Crippen molar-refractivity contribution in [1.29, 1.82) is 0 Å². The van der Waals surface area contributed by atoms with E-state index in [4.69, 9.17) is 11.6 Å². The molecule has 0 fully saturated rings. The Morgan fingerprint density at radius 1 is 1.00 bits per heavy atom. The van der Waals surface area contributed by atoms with Gasteiger partial charge in [0, 0.05) is 10.9 Å². The zero-order chi connectivity index (χ0) is 13.0. The Hall–Kier alpha value is -1.31. The monoisotopic (exact) mass is 260 g/mol. The lowest BCUT2D eigenvalue weighted by Gasteiger charge is -2.20. The molecule has 2 aromatic carbocycles. The van der Waals surface area contributed by atoms with Crippen molar-refractivity contribution in [3.8, 4) is 0 Å². The van der Waals surface area contributed by atoms with Crippen LogP contribution in [0.25, 0.3) is 0 Å². The standard InChI is InChI=1S/C16H17ClO/c1-12(18)16(14-5-3-2-4-6-14)11-13-7-9-15(17)10-8-13/h2-10,12,16,18H,11H2,1H3. The summed E-state index contributed by atoms with van der Waals surface area (Å²) in [5.41, 5.74) is 2.36. The SMILES string of the molecule is CC(O)C(Cc1ccc(Cl)cc1)c1ccccc1. The van der Waals surface area contributed by atoms with Crippen LogP contribution in [-0.2, 0) is 6.42 Å². The quantitative estimate of drug-likeness (QED) is 0.879. The summed E-state index contributed by atoms with van der Waals surface area (Å²) in [7, 11) is 0. The number of aliphatic hydroxyl groups is 1. The summed E-state index contributed by atoms with van der Waals surface area (Å²) >= 11 is 5.88. The molecular weight excluding hydrogens is 244 g/mol. The number of halogens is 1. The fourth-order valence-corrected chi connectivity index (χ4v) is 2.27. The molecule has 0 aromatic heterocycles. The topological polar surface area (TPSA) is 20.2 Å². The molecule has 0 spiro atoms. The predicted molar refractivity (Wildman–Crippen MR) is 76.0 cm³/mol. The Bertz CT molecular complexity index is 476. The van der Waals surface area contributed by atoms with E-state index in [1.54, 1.807) is 0 Å². The van der Waals surface area contributed by atoms with Crippen LogP contribution in [0, 0.1) is 0 Å².